The van der Waals surface area contributed by atoms with Gasteiger partial charge in [-0.15, -0.1) is 0 Å². The van der Waals surface area contributed by atoms with Crippen molar-refractivity contribution in [3.05, 3.63) is 22.8 Å². The lowest BCUT2D eigenvalue weighted by atomic mass is 10.3. The molecule has 2 rings (SSSR count). The minimum Gasteiger partial charge on any atom is -0.375 e. The fourth-order valence-corrected chi connectivity index (χ4v) is 1.82. The Labute approximate surface area is 92.2 Å². The third-order valence-corrected chi connectivity index (χ3v) is 2.75. The van der Waals surface area contributed by atoms with Crippen molar-refractivity contribution in [2.75, 3.05) is 24.6 Å². The third-order valence-electron chi connectivity index (χ3n) is 2.28. The quantitative estimate of drug-likeness (QED) is 0.770. The van der Waals surface area contributed by atoms with Gasteiger partial charge in [0.2, 0.25) is 0 Å². The summed E-state index contributed by atoms with van der Waals surface area (Å²) in [4.78, 5) is 6.61. The molecule has 2 heterocycles. The first-order chi connectivity index (χ1) is 6.75. The second-order valence-corrected chi connectivity index (χ2v) is 4.38. The molecule has 76 valence electrons. The zero-order chi connectivity index (χ0) is 9.97. The van der Waals surface area contributed by atoms with Gasteiger partial charge in [-0.3, -0.25) is 0 Å². The molecule has 14 heavy (non-hydrogen) atoms. The molecule has 0 bridgehead atoms. The normalized spacial score (nSPS) is 22.4. The summed E-state index contributed by atoms with van der Waals surface area (Å²) in [5, 5.41) is 0. The fourth-order valence-electron chi connectivity index (χ4n) is 1.58. The average molecular weight is 257 g/mol. The van der Waals surface area contributed by atoms with Gasteiger partial charge in [0.25, 0.3) is 0 Å². The van der Waals surface area contributed by atoms with Gasteiger partial charge in [0.15, 0.2) is 0 Å². The molecule has 1 aliphatic heterocycles. The van der Waals surface area contributed by atoms with E-state index in [-0.39, 0.29) is 0 Å². The van der Waals surface area contributed by atoms with Gasteiger partial charge in [-0.2, -0.15) is 0 Å². The summed E-state index contributed by atoms with van der Waals surface area (Å²) in [6.45, 7) is 4.73. The van der Waals surface area contributed by atoms with Crippen LogP contribution < -0.4 is 4.90 Å². The average Bonchev–Trinajstić information content (AvgIpc) is 2.19. The van der Waals surface area contributed by atoms with Crippen LogP contribution in [-0.2, 0) is 4.74 Å². The first-order valence-corrected chi connectivity index (χ1v) is 5.53. The Bertz CT molecular complexity index is 301. The summed E-state index contributed by atoms with van der Waals surface area (Å²) in [7, 11) is 0. The van der Waals surface area contributed by atoms with E-state index in [0.29, 0.717) is 6.10 Å². The molecule has 1 aliphatic rings. The Balaban J connectivity index is 2.10. The first kappa shape index (κ1) is 9.93. The van der Waals surface area contributed by atoms with Gasteiger partial charge in [-0.25, -0.2) is 4.98 Å². The van der Waals surface area contributed by atoms with Gasteiger partial charge in [0.05, 0.1) is 12.7 Å². The minimum absolute atomic E-state index is 0.300. The molecule has 0 radical (unpaired) electrons. The lowest BCUT2D eigenvalue weighted by molar-refractivity contribution is 0.0529. The van der Waals surface area contributed by atoms with E-state index in [1.54, 1.807) is 0 Å². The lowest BCUT2D eigenvalue weighted by Gasteiger charge is -2.31. The topological polar surface area (TPSA) is 25.4 Å². The molecule has 1 fully saturated rings. The molecular weight excluding hydrogens is 244 g/mol. The molecule has 1 unspecified atom stereocenters. The van der Waals surface area contributed by atoms with Crippen molar-refractivity contribution in [3.63, 3.8) is 0 Å². The maximum absolute atomic E-state index is 5.47. The Morgan fingerprint density at radius 1 is 1.57 bits per heavy atom. The molecule has 1 atom stereocenters. The van der Waals surface area contributed by atoms with Crippen molar-refractivity contribution < 1.29 is 4.74 Å². The van der Waals surface area contributed by atoms with Gasteiger partial charge in [0.1, 0.15) is 5.82 Å². The molecule has 4 heteroatoms. The van der Waals surface area contributed by atoms with Crippen LogP contribution in [0.25, 0.3) is 0 Å². The summed E-state index contributed by atoms with van der Waals surface area (Å²) >= 11 is 3.38. The number of rotatable bonds is 1. The second kappa shape index (κ2) is 4.28. The molecular formula is C10H13BrN2O. The number of halogens is 1. The molecule has 0 saturated carbocycles. The zero-order valence-electron chi connectivity index (χ0n) is 8.11. The standard InChI is InChI=1S/C10H13BrN2O/c1-8-7-13(4-5-14-8)10-3-2-9(11)6-12-10/h2-3,6,8H,4-5,7H2,1H3. The predicted molar refractivity (Wildman–Crippen MR) is 59.6 cm³/mol. The van der Waals surface area contributed by atoms with E-state index in [4.69, 9.17) is 4.74 Å². The maximum Gasteiger partial charge on any atom is 0.128 e. The Hall–Kier alpha value is -0.610. The summed E-state index contributed by atoms with van der Waals surface area (Å²) in [6, 6.07) is 4.05. The van der Waals surface area contributed by atoms with Gasteiger partial charge in [-0.05, 0) is 35.0 Å². The molecule has 1 saturated heterocycles. The van der Waals surface area contributed by atoms with E-state index in [9.17, 15) is 0 Å². The predicted octanol–water partition coefficient (Wildman–Crippen LogP) is 2.07. The van der Waals surface area contributed by atoms with Crippen LogP contribution in [0.3, 0.4) is 0 Å². The van der Waals surface area contributed by atoms with Crippen molar-refractivity contribution in [2.45, 2.75) is 13.0 Å². The molecule has 0 N–H and O–H groups in total. The molecule has 0 spiro atoms. The van der Waals surface area contributed by atoms with Crippen molar-refractivity contribution in [1.82, 2.24) is 4.98 Å². The van der Waals surface area contributed by atoms with Gasteiger partial charge < -0.3 is 9.64 Å². The van der Waals surface area contributed by atoms with E-state index >= 15 is 0 Å². The van der Waals surface area contributed by atoms with Gasteiger partial charge in [-0.1, -0.05) is 0 Å². The van der Waals surface area contributed by atoms with Crippen LogP contribution in [0, 0.1) is 0 Å². The smallest absolute Gasteiger partial charge is 0.128 e. The number of ether oxygens (including phenoxy) is 1. The van der Waals surface area contributed by atoms with E-state index in [1.165, 1.54) is 0 Å². The monoisotopic (exact) mass is 256 g/mol. The largest absolute Gasteiger partial charge is 0.375 e. The van der Waals surface area contributed by atoms with Crippen LogP contribution in [0.4, 0.5) is 5.82 Å². The van der Waals surface area contributed by atoms with Crippen LogP contribution in [0.1, 0.15) is 6.92 Å². The van der Waals surface area contributed by atoms with Crippen LogP contribution in [0.5, 0.6) is 0 Å². The van der Waals surface area contributed by atoms with E-state index < -0.39 is 0 Å². The van der Waals surface area contributed by atoms with Crippen molar-refractivity contribution in [1.29, 1.82) is 0 Å². The van der Waals surface area contributed by atoms with Crippen molar-refractivity contribution in [2.24, 2.45) is 0 Å². The van der Waals surface area contributed by atoms with Crippen LogP contribution >= 0.6 is 15.9 Å². The highest BCUT2D eigenvalue weighted by molar-refractivity contribution is 9.10. The lowest BCUT2D eigenvalue weighted by Crippen LogP contribution is -2.41. The molecule has 1 aromatic heterocycles. The third kappa shape index (κ3) is 2.25. The van der Waals surface area contributed by atoms with Gasteiger partial charge >= 0.3 is 0 Å². The number of hydrogen-bond acceptors (Lipinski definition) is 3. The number of aromatic nitrogens is 1. The fraction of sp³-hybridized carbons (Fsp3) is 0.500. The summed E-state index contributed by atoms with van der Waals surface area (Å²) < 4.78 is 6.49. The maximum atomic E-state index is 5.47. The highest BCUT2D eigenvalue weighted by Crippen LogP contribution is 2.17. The number of nitrogens with zero attached hydrogens (tertiary/aromatic N) is 2. The molecule has 0 aliphatic carbocycles. The summed E-state index contributed by atoms with van der Waals surface area (Å²) in [5.41, 5.74) is 0. The number of hydrogen-bond donors (Lipinski definition) is 0. The first-order valence-electron chi connectivity index (χ1n) is 4.74. The number of pyridine rings is 1. The van der Waals surface area contributed by atoms with Crippen molar-refractivity contribution in [3.8, 4) is 0 Å². The van der Waals surface area contributed by atoms with Crippen LogP contribution in [0.15, 0.2) is 22.8 Å². The number of morpholine rings is 1. The molecule has 1 aromatic rings. The van der Waals surface area contributed by atoms with E-state index in [1.807, 2.05) is 18.3 Å². The van der Waals surface area contributed by atoms with E-state index in [2.05, 4.69) is 32.7 Å². The highest BCUT2D eigenvalue weighted by Gasteiger charge is 2.17. The Morgan fingerprint density at radius 2 is 2.43 bits per heavy atom. The van der Waals surface area contributed by atoms with E-state index in [0.717, 1.165) is 30.0 Å². The van der Waals surface area contributed by atoms with Crippen molar-refractivity contribution >= 4 is 21.7 Å². The highest BCUT2D eigenvalue weighted by atomic mass is 79.9. The SMILES string of the molecule is CC1CN(c2ccc(Br)cn2)CCO1. The van der Waals surface area contributed by atoms with Gasteiger partial charge in [0, 0.05) is 23.8 Å². The molecule has 0 aromatic carbocycles. The summed E-state index contributed by atoms with van der Waals surface area (Å²) in [5.74, 6) is 1.03. The Kier molecular flexibility index (Phi) is 3.03. The zero-order valence-corrected chi connectivity index (χ0v) is 9.70. The number of anilines is 1. The van der Waals surface area contributed by atoms with Crippen LogP contribution in [0.2, 0.25) is 0 Å². The van der Waals surface area contributed by atoms with Crippen LogP contribution in [-0.4, -0.2) is 30.8 Å². The summed E-state index contributed by atoms with van der Waals surface area (Å²) in [6.07, 6.45) is 2.13. The molecule has 0 amide bonds. The molecule has 3 nitrogen and oxygen atoms in total. The minimum atomic E-state index is 0.300. The Morgan fingerprint density at radius 3 is 3.07 bits per heavy atom. The second-order valence-electron chi connectivity index (χ2n) is 3.46.